The van der Waals surface area contributed by atoms with E-state index in [1.165, 1.54) is 6.08 Å². The Morgan fingerprint density at radius 3 is 2.65 bits per heavy atom. The first-order valence-corrected chi connectivity index (χ1v) is 8.66. The minimum Gasteiger partial charge on any atom is -0.462 e. The van der Waals surface area contributed by atoms with Gasteiger partial charge in [0.15, 0.2) is 0 Å². The smallest absolute Gasteiger partial charge is 0.268 e. The molecule has 0 saturated carbocycles. The van der Waals surface area contributed by atoms with Crippen LogP contribution in [0.15, 0.2) is 52.6 Å². The molecule has 0 bridgehead atoms. The molecule has 1 aliphatic rings. The lowest BCUT2D eigenvalue weighted by atomic mass is 10.2. The molecular formula is C20H22N2O4. The molecule has 2 N–H and O–H groups in total. The van der Waals surface area contributed by atoms with E-state index in [4.69, 9.17) is 9.15 Å². The zero-order chi connectivity index (χ0) is 18.4. The lowest BCUT2D eigenvalue weighted by Crippen LogP contribution is -2.38. The average Bonchev–Trinajstić information content (AvgIpc) is 3.31. The Labute approximate surface area is 152 Å². The molecule has 1 atom stereocenters. The van der Waals surface area contributed by atoms with Crippen LogP contribution >= 0.6 is 0 Å². The molecule has 1 aromatic carbocycles. The first kappa shape index (κ1) is 17.9. The van der Waals surface area contributed by atoms with Gasteiger partial charge in [-0.05, 0) is 44.0 Å². The molecule has 2 heterocycles. The van der Waals surface area contributed by atoms with Crippen LogP contribution in [0.4, 0.5) is 0 Å². The summed E-state index contributed by atoms with van der Waals surface area (Å²) < 4.78 is 11.0. The molecule has 0 unspecified atom stereocenters. The fourth-order valence-electron chi connectivity index (χ4n) is 2.72. The van der Waals surface area contributed by atoms with Crippen molar-refractivity contribution in [3.05, 3.63) is 65.2 Å². The lowest BCUT2D eigenvalue weighted by Gasteiger charge is -2.13. The zero-order valence-corrected chi connectivity index (χ0v) is 14.7. The van der Waals surface area contributed by atoms with Crippen molar-refractivity contribution in [3.8, 4) is 0 Å². The van der Waals surface area contributed by atoms with Gasteiger partial charge in [0, 0.05) is 24.8 Å². The van der Waals surface area contributed by atoms with Crippen LogP contribution in [0, 0.1) is 6.92 Å². The molecule has 3 rings (SSSR count). The van der Waals surface area contributed by atoms with Gasteiger partial charge in [0.05, 0.1) is 6.10 Å². The number of amides is 2. The fourth-order valence-corrected chi connectivity index (χ4v) is 2.72. The van der Waals surface area contributed by atoms with Gasteiger partial charge in [0.2, 0.25) is 0 Å². The number of nitrogens with one attached hydrogen (secondary N) is 2. The number of carbonyl (C=O) groups excluding carboxylic acids is 2. The predicted molar refractivity (Wildman–Crippen MR) is 97.3 cm³/mol. The van der Waals surface area contributed by atoms with Crippen molar-refractivity contribution in [3.63, 3.8) is 0 Å². The summed E-state index contributed by atoms with van der Waals surface area (Å²) >= 11 is 0. The molecule has 1 aromatic heterocycles. The Hall–Kier alpha value is -2.86. The molecular weight excluding hydrogens is 332 g/mol. The van der Waals surface area contributed by atoms with Crippen LogP contribution in [0.5, 0.6) is 0 Å². The quantitative estimate of drug-likeness (QED) is 0.782. The molecule has 0 spiro atoms. The number of hydrogen-bond acceptors (Lipinski definition) is 4. The van der Waals surface area contributed by atoms with Gasteiger partial charge >= 0.3 is 0 Å². The van der Waals surface area contributed by atoms with Crippen molar-refractivity contribution < 1.29 is 18.7 Å². The first-order valence-electron chi connectivity index (χ1n) is 8.66. The standard InChI is InChI=1S/C20H22N2O4/c1-14-9-10-16(26-14)12-18(20(24)21-13-17-8-5-11-25-17)22-19(23)15-6-3-2-4-7-15/h2-4,6-7,9-10,12,17H,5,8,11,13H2,1H3,(H,21,24)(H,22,23)/b18-12+/t17-/m1/s1. The number of aryl methyl sites for hydroxylation is 1. The Balaban J connectivity index is 1.73. The number of hydrogen-bond donors (Lipinski definition) is 2. The average molecular weight is 354 g/mol. The van der Waals surface area contributed by atoms with Gasteiger partial charge in [-0.25, -0.2) is 0 Å². The fraction of sp³-hybridized carbons (Fsp3) is 0.300. The summed E-state index contributed by atoms with van der Waals surface area (Å²) in [7, 11) is 0. The van der Waals surface area contributed by atoms with E-state index in [1.54, 1.807) is 36.4 Å². The van der Waals surface area contributed by atoms with Crippen LogP contribution in [-0.4, -0.2) is 31.1 Å². The molecule has 0 radical (unpaired) electrons. The summed E-state index contributed by atoms with van der Waals surface area (Å²) in [6.07, 6.45) is 3.47. The van der Waals surface area contributed by atoms with Gasteiger partial charge in [0.25, 0.3) is 11.8 Å². The van der Waals surface area contributed by atoms with Crippen LogP contribution in [0.2, 0.25) is 0 Å². The van der Waals surface area contributed by atoms with Gasteiger partial charge in [0.1, 0.15) is 17.2 Å². The maximum Gasteiger partial charge on any atom is 0.268 e. The van der Waals surface area contributed by atoms with Crippen LogP contribution in [-0.2, 0) is 9.53 Å². The second-order valence-electron chi connectivity index (χ2n) is 6.17. The molecule has 26 heavy (non-hydrogen) atoms. The predicted octanol–water partition coefficient (Wildman–Crippen LogP) is 2.65. The molecule has 0 aliphatic carbocycles. The zero-order valence-electron chi connectivity index (χ0n) is 14.7. The van der Waals surface area contributed by atoms with Crippen LogP contribution < -0.4 is 10.6 Å². The summed E-state index contributed by atoms with van der Waals surface area (Å²) in [6.45, 7) is 2.95. The minimum atomic E-state index is -0.376. The third-order valence-electron chi connectivity index (χ3n) is 4.09. The lowest BCUT2D eigenvalue weighted by molar-refractivity contribution is -0.118. The van der Waals surface area contributed by atoms with E-state index >= 15 is 0 Å². The maximum atomic E-state index is 12.6. The topological polar surface area (TPSA) is 80.6 Å². The van der Waals surface area contributed by atoms with Gasteiger partial charge in [-0.15, -0.1) is 0 Å². The largest absolute Gasteiger partial charge is 0.462 e. The van der Waals surface area contributed by atoms with Crippen molar-refractivity contribution in [2.24, 2.45) is 0 Å². The van der Waals surface area contributed by atoms with Crippen molar-refractivity contribution in [2.75, 3.05) is 13.2 Å². The summed E-state index contributed by atoms with van der Waals surface area (Å²) in [6, 6.07) is 12.3. The van der Waals surface area contributed by atoms with Crippen LogP contribution in [0.25, 0.3) is 6.08 Å². The van der Waals surface area contributed by atoms with Gasteiger partial charge in [-0.1, -0.05) is 18.2 Å². The number of carbonyl (C=O) groups is 2. The number of ether oxygens (including phenoxy) is 1. The highest BCUT2D eigenvalue weighted by molar-refractivity contribution is 6.05. The normalized spacial score (nSPS) is 17.1. The number of rotatable bonds is 6. The number of furan rings is 1. The maximum absolute atomic E-state index is 12.6. The van der Waals surface area contributed by atoms with Crippen LogP contribution in [0.1, 0.15) is 34.7 Å². The van der Waals surface area contributed by atoms with Crippen LogP contribution in [0.3, 0.4) is 0 Å². The minimum absolute atomic E-state index is 0.0240. The van der Waals surface area contributed by atoms with Gasteiger partial charge in [-0.2, -0.15) is 0 Å². The number of benzene rings is 1. The van der Waals surface area contributed by atoms with Crippen molar-refractivity contribution in [1.29, 1.82) is 0 Å². The van der Waals surface area contributed by atoms with E-state index in [-0.39, 0.29) is 23.6 Å². The molecule has 1 aliphatic heterocycles. The highest BCUT2D eigenvalue weighted by Crippen LogP contribution is 2.13. The van der Waals surface area contributed by atoms with E-state index in [9.17, 15) is 9.59 Å². The second kappa shape index (κ2) is 8.49. The van der Waals surface area contributed by atoms with E-state index in [1.807, 2.05) is 13.0 Å². The Morgan fingerprint density at radius 1 is 1.19 bits per heavy atom. The van der Waals surface area contributed by atoms with E-state index in [2.05, 4.69) is 10.6 Å². The Morgan fingerprint density at radius 2 is 2.00 bits per heavy atom. The van der Waals surface area contributed by atoms with Crippen molar-refractivity contribution in [2.45, 2.75) is 25.9 Å². The second-order valence-corrected chi connectivity index (χ2v) is 6.17. The third kappa shape index (κ3) is 4.83. The van der Waals surface area contributed by atoms with Gasteiger partial charge < -0.3 is 19.8 Å². The monoisotopic (exact) mass is 354 g/mol. The summed E-state index contributed by atoms with van der Waals surface area (Å²) in [5.74, 6) is 0.495. The highest BCUT2D eigenvalue weighted by atomic mass is 16.5. The van der Waals surface area contributed by atoms with Crippen molar-refractivity contribution >= 4 is 17.9 Å². The highest BCUT2D eigenvalue weighted by Gasteiger charge is 2.19. The summed E-state index contributed by atoms with van der Waals surface area (Å²) in [5, 5.41) is 5.50. The SMILES string of the molecule is Cc1ccc(/C=C(/NC(=O)c2ccccc2)C(=O)NC[C@H]2CCCO2)o1. The van der Waals surface area contributed by atoms with Gasteiger partial charge in [-0.3, -0.25) is 9.59 Å². The molecule has 2 amide bonds. The first-order chi connectivity index (χ1) is 12.6. The summed E-state index contributed by atoms with van der Waals surface area (Å²) in [4.78, 5) is 25.0. The molecule has 136 valence electrons. The molecule has 2 aromatic rings. The molecule has 6 heteroatoms. The Kier molecular flexibility index (Phi) is 5.86. The molecule has 6 nitrogen and oxygen atoms in total. The molecule has 1 fully saturated rings. The summed E-state index contributed by atoms with van der Waals surface area (Å²) in [5.41, 5.74) is 0.604. The van der Waals surface area contributed by atoms with E-state index in [0.717, 1.165) is 25.2 Å². The third-order valence-corrected chi connectivity index (χ3v) is 4.09. The molecule has 1 saturated heterocycles. The Bertz CT molecular complexity index is 789. The van der Waals surface area contributed by atoms with E-state index in [0.29, 0.717) is 17.9 Å². The van der Waals surface area contributed by atoms with E-state index < -0.39 is 0 Å². The van der Waals surface area contributed by atoms with Crippen molar-refractivity contribution in [1.82, 2.24) is 10.6 Å².